The zero-order valence-electron chi connectivity index (χ0n) is 11.7. The van der Waals surface area contributed by atoms with Crippen LogP contribution in [0.2, 0.25) is 0 Å². The number of ether oxygens (including phenoxy) is 1. The van der Waals surface area contributed by atoms with Crippen molar-refractivity contribution < 1.29 is 27.8 Å². The second-order valence-corrected chi connectivity index (χ2v) is 6.34. The Bertz CT molecular complexity index is 742. The number of fused-ring (bicyclic) bond motifs is 3. The van der Waals surface area contributed by atoms with Crippen LogP contribution in [0, 0.1) is 0 Å². The Morgan fingerprint density at radius 2 is 1.86 bits per heavy atom. The van der Waals surface area contributed by atoms with Gasteiger partial charge in [-0.05, 0) is 0 Å². The minimum atomic E-state index is -3.76. The van der Waals surface area contributed by atoms with Gasteiger partial charge in [-0.2, -0.15) is 0 Å². The lowest BCUT2D eigenvalue weighted by Crippen LogP contribution is -2.00. The third-order valence-corrected chi connectivity index (χ3v) is 4.74. The van der Waals surface area contributed by atoms with Crippen LogP contribution in [0.4, 0.5) is 0 Å². The van der Waals surface area contributed by atoms with Crippen molar-refractivity contribution in [3.05, 3.63) is 29.8 Å². The maximum absolute atomic E-state index is 12.2. The molecule has 0 saturated heterocycles. The highest BCUT2D eigenvalue weighted by molar-refractivity contribution is 7.50. The number of benzene rings is 2. The monoisotopic (exact) mass is 306 g/mol. The Morgan fingerprint density at radius 3 is 2.52 bits per heavy atom. The lowest BCUT2D eigenvalue weighted by atomic mass is 10.0. The van der Waals surface area contributed by atoms with Gasteiger partial charge in [-0.3, -0.25) is 0 Å². The molecule has 0 bridgehead atoms. The van der Waals surface area contributed by atoms with Gasteiger partial charge in [0.1, 0.15) is 5.75 Å². The van der Waals surface area contributed by atoms with Gasteiger partial charge in [-0.15, -0.1) is 0 Å². The summed E-state index contributed by atoms with van der Waals surface area (Å²) in [6.07, 6.45) is 0.562. The number of phenols is 1. The first-order chi connectivity index (χ1) is 10.1. The van der Waals surface area contributed by atoms with E-state index in [0.717, 1.165) is 5.39 Å². The summed E-state index contributed by atoms with van der Waals surface area (Å²) in [7, 11) is -1.32. The standard InChI is InChI=1S/C12H13B2O6P/c13-19-21(16,20-14)18-12-8-4-2-1-3-7(8)11-9(10(12)15)5-6-17-11/h1-4,15H,5-6,13-14H2. The zero-order chi connectivity index (χ0) is 15.0. The molecular formula is C12H13B2O6P. The predicted octanol–water partition coefficient (Wildman–Crippen LogP) is 1.10. The quantitative estimate of drug-likeness (QED) is 0.673. The minimum absolute atomic E-state index is 0.0851. The first-order valence-electron chi connectivity index (χ1n) is 6.40. The van der Waals surface area contributed by atoms with Crippen LogP contribution < -0.4 is 9.26 Å². The summed E-state index contributed by atoms with van der Waals surface area (Å²) in [6, 6.07) is 7.26. The van der Waals surface area contributed by atoms with Crippen LogP contribution in [0.15, 0.2) is 24.3 Å². The van der Waals surface area contributed by atoms with Gasteiger partial charge in [0.15, 0.2) is 11.5 Å². The van der Waals surface area contributed by atoms with Crippen LogP contribution in [-0.2, 0) is 19.9 Å². The molecule has 6 nitrogen and oxygen atoms in total. The van der Waals surface area contributed by atoms with E-state index in [4.69, 9.17) is 18.1 Å². The number of hydrogen-bond donors (Lipinski definition) is 1. The van der Waals surface area contributed by atoms with Crippen molar-refractivity contribution in [2.45, 2.75) is 6.42 Å². The zero-order valence-corrected chi connectivity index (χ0v) is 12.6. The van der Waals surface area contributed by atoms with Gasteiger partial charge in [0, 0.05) is 22.8 Å². The SMILES string of the molecule is BOP(=O)(OB)Oc1c(O)c2c(c3ccccc13)OCC2. The summed E-state index contributed by atoms with van der Waals surface area (Å²) < 4.78 is 32.7. The lowest BCUT2D eigenvalue weighted by Gasteiger charge is -2.19. The van der Waals surface area contributed by atoms with E-state index in [-0.39, 0.29) is 11.5 Å². The largest absolute Gasteiger partial charge is 0.504 e. The van der Waals surface area contributed by atoms with Gasteiger partial charge in [0.25, 0.3) is 16.1 Å². The highest BCUT2D eigenvalue weighted by Gasteiger charge is 2.30. The Morgan fingerprint density at radius 1 is 1.19 bits per heavy atom. The lowest BCUT2D eigenvalue weighted by molar-refractivity contribution is 0.310. The number of hydrogen-bond acceptors (Lipinski definition) is 6. The third kappa shape index (κ3) is 2.29. The molecule has 0 aliphatic carbocycles. The van der Waals surface area contributed by atoms with E-state index in [0.29, 0.717) is 29.7 Å². The number of aromatic hydroxyl groups is 1. The maximum Gasteiger partial charge on any atom is 0.500 e. The van der Waals surface area contributed by atoms with E-state index in [1.54, 1.807) is 12.1 Å². The third-order valence-electron chi connectivity index (χ3n) is 3.44. The molecule has 1 N–H and O–H groups in total. The molecule has 21 heavy (non-hydrogen) atoms. The average molecular weight is 306 g/mol. The van der Waals surface area contributed by atoms with E-state index in [2.05, 4.69) is 0 Å². The molecule has 0 saturated carbocycles. The fourth-order valence-electron chi connectivity index (χ4n) is 2.42. The topological polar surface area (TPSA) is 74.2 Å². The van der Waals surface area contributed by atoms with Crippen molar-refractivity contribution in [2.75, 3.05) is 6.61 Å². The number of phenolic OH excluding ortho intramolecular Hbond substituents is 1. The summed E-state index contributed by atoms with van der Waals surface area (Å²) in [6.45, 7) is 0.489. The fourth-order valence-corrected chi connectivity index (χ4v) is 3.13. The van der Waals surface area contributed by atoms with Crippen LogP contribution in [0.5, 0.6) is 17.2 Å². The fraction of sp³-hybridized carbons (Fsp3) is 0.167. The molecule has 1 heterocycles. The van der Waals surface area contributed by atoms with E-state index in [9.17, 15) is 9.67 Å². The number of rotatable bonds is 4. The van der Waals surface area contributed by atoms with Gasteiger partial charge in [0.05, 0.1) is 6.61 Å². The molecule has 3 rings (SSSR count). The molecule has 9 heteroatoms. The van der Waals surface area contributed by atoms with Gasteiger partial charge < -0.3 is 23.2 Å². The highest BCUT2D eigenvalue weighted by Crippen LogP contribution is 2.55. The normalized spacial score (nSPS) is 13.9. The second kappa shape index (κ2) is 5.30. The van der Waals surface area contributed by atoms with Crippen molar-refractivity contribution in [3.8, 4) is 17.2 Å². The molecule has 0 atom stereocenters. The van der Waals surface area contributed by atoms with Crippen molar-refractivity contribution >= 4 is 34.7 Å². The van der Waals surface area contributed by atoms with Crippen LogP contribution >= 0.6 is 7.82 Å². The first kappa shape index (κ1) is 14.3. The molecule has 0 amide bonds. The summed E-state index contributed by atoms with van der Waals surface area (Å²) in [4.78, 5) is 0. The highest BCUT2D eigenvalue weighted by atomic mass is 31.2. The Kier molecular flexibility index (Phi) is 3.61. The molecule has 1 aliphatic heterocycles. The van der Waals surface area contributed by atoms with E-state index in [1.807, 2.05) is 12.1 Å². The van der Waals surface area contributed by atoms with Gasteiger partial charge in [-0.1, -0.05) is 24.3 Å². The second-order valence-electron chi connectivity index (χ2n) is 4.53. The Labute approximate surface area is 123 Å². The Hall–Kier alpha value is -1.62. The summed E-state index contributed by atoms with van der Waals surface area (Å²) in [5.41, 5.74) is 0.641. The van der Waals surface area contributed by atoms with Crippen LogP contribution in [0.25, 0.3) is 10.8 Å². The summed E-state index contributed by atoms with van der Waals surface area (Å²) in [5.74, 6) is 0.637. The predicted molar refractivity (Wildman–Crippen MR) is 82.3 cm³/mol. The molecule has 0 aromatic heterocycles. The molecule has 1 aliphatic rings. The summed E-state index contributed by atoms with van der Waals surface area (Å²) >= 11 is 0. The van der Waals surface area contributed by atoms with E-state index >= 15 is 0 Å². The van der Waals surface area contributed by atoms with Crippen LogP contribution in [0.3, 0.4) is 0 Å². The van der Waals surface area contributed by atoms with E-state index < -0.39 is 7.82 Å². The molecular weight excluding hydrogens is 293 g/mol. The smallest absolute Gasteiger partial charge is 0.500 e. The summed E-state index contributed by atoms with van der Waals surface area (Å²) in [5, 5.41) is 11.8. The first-order valence-corrected chi connectivity index (χ1v) is 7.86. The molecule has 0 spiro atoms. The molecule has 0 fully saturated rings. The average Bonchev–Trinajstić information content (AvgIpc) is 3.01. The van der Waals surface area contributed by atoms with Crippen LogP contribution in [-0.4, -0.2) is 27.8 Å². The minimum Gasteiger partial charge on any atom is -0.504 e. The van der Waals surface area contributed by atoms with Gasteiger partial charge >= 0.3 is 7.82 Å². The van der Waals surface area contributed by atoms with Crippen molar-refractivity contribution in [3.63, 3.8) is 0 Å². The maximum atomic E-state index is 12.2. The molecule has 108 valence electrons. The molecule has 0 unspecified atom stereocenters. The molecule has 2 aromatic rings. The number of phosphoric acid groups is 1. The van der Waals surface area contributed by atoms with Crippen molar-refractivity contribution in [1.82, 2.24) is 0 Å². The van der Waals surface area contributed by atoms with Gasteiger partial charge in [0.2, 0.25) is 0 Å². The van der Waals surface area contributed by atoms with Crippen LogP contribution in [0.1, 0.15) is 5.56 Å². The van der Waals surface area contributed by atoms with Gasteiger partial charge in [-0.25, -0.2) is 4.57 Å². The van der Waals surface area contributed by atoms with Crippen molar-refractivity contribution in [2.24, 2.45) is 0 Å². The Balaban J connectivity index is 2.25. The van der Waals surface area contributed by atoms with Crippen molar-refractivity contribution in [1.29, 1.82) is 0 Å². The molecule has 0 radical (unpaired) electrons. The van der Waals surface area contributed by atoms with E-state index in [1.165, 1.54) is 16.1 Å². The molecule has 2 aromatic carbocycles.